The average Bonchev–Trinajstić information content (AvgIpc) is 3.33. The van der Waals surface area contributed by atoms with Crippen LogP contribution in [0.4, 0.5) is 0 Å². The van der Waals surface area contributed by atoms with Crippen molar-refractivity contribution in [1.29, 1.82) is 0 Å². The normalized spacial score (nSPS) is 11.5. The Morgan fingerprint density at radius 2 is 1.62 bits per heavy atom. The molecule has 0 fully saturated rings. The van der Waals surface area contributed by atoms with Gasteiger partial charge in [-0.2, -0.15) is 0 Å². The molecule has 0 saturated heterocycles. The van der Waals surface area contributed by atoms with Gasteiger partial charge in [-0.3, -0.25) is 4.57 Å². The van der Waals surface area contributed by atoms with Crippen LogP contribution in [0.2, 0.25) is 0 Å². The van der Waals surface area contributed by atoms with E-state index in [1.54, 1.807) is 6.33 Å². The van der Waals surface area contributed by atoms with Crippen LogP contribution in [0, 0.1) is 0 Å². The number of fused-ring (bicyclic) bond motifs is 2. The first-order chi connectivity index (χ1) is 14.3. The zero-order chi connectivity index (χ0) is 19.8. The summed E-state index contributed by atoms with van der Waals surface area (Å²) >= 11 is 0. The van der Waals surface area contributed by atoms with Crippen LogP contribution in [0.1, 0.15) is 30.7 Å². The van der Waals surface area contributed by atoms with E-state index < -0.39 is 0 Å². The first-order valence-electron chi connectivity index (χ1n) is 10.1. The maximum absolute atomic E-state index is 4.73. The molecule has 0 spiro atoms. The van der Waals surface area contributed by atoms with E-state index in [9.17, 15) is 0 Å². The van der Waals surface area contributed by atoms with Crippen molar-refractivity contribution in [3.63, 3.8) is 0 Å². The molecule has 0 atom stereocenters. The van der Waals surface area contributed by atoms with Crippen molar-refractivity contribution >= 4 is 22.1 Å². The zero-order valence-corrected chi connectivity index (χ0v) is 16.7. The maximum Gasteiger partial charge on any atom is 0.169 e. The lowest BCUT2D eigenvalue weighted by molar-refractivity contribution is 0.812. The van der Waals surface area contributed by atoms with E-state index in [0.717, 1.165) is 36.4 Å². The largest absolute Gasteiger partial charge is 0.311 e. The molecule has 2 aromatic carbocycles. The lowest BCUT2D eigenvalue weighted by Crippen LogP contribution is -2.05. The Balaban J connectivity index is 1.73. The van der Waals surface area contributed by atoms with Gasteiger partial charge >= 0.3 is 0 Å². The highest BCUT2D eigenvalue weighted by molar-refractivity contribution is 5.90. The van der Waals surface area contributed by atoms with E-state index in [1.807, 2.05) is 12.4 Å². The van der Waals surface area contributed by atoms with E-state index in [-0.39, 0.29) is 0 Å². The summed E-state index contributed by atoms with van der Waals surface area (Å²) in [6.45, 7) is 5.16. The van der Waals surface area contributed by atoms with Crippen molar-refractivity contribution in [1.82, 2.24) is 24.1 Å². The van der Waals surface area contributed by atoms with Crippen LogP contribution in [0.5, 0.6) is 0 Å². The van der Waals surface area contributed by atoms with Gasteiger partial charge in [0.05, 0.1) is 18.4 Å². The summed E-state index contributed by atoms with van der Waals surface area (Å²) in [5, 5.41) is 1.29. The van der Waals surface area contributed by atoms with Crippen LogP contribution in [-0.4, -0.2) is 24.1 Å². The Hall–Kier alpha value is -3.47. The van der Waals surface area contributed by atoms with Gasteiger partial charge in [0.2, 0.25) is 0 Å². The molecular formula is C24H23N5. The van der Waals surface area contributed by atoms with Gasteiger partial charge in [-0.25, -0.2) is 15.0 Å². The van der Waals surface area contributed by atoms with Crippen molar-refractivity contribution in [2.75, 3.05) is 0 Å². The summed E-state index contributed by atoms with van der Waals surface area (Å²) in [5.74, 6) is 0.856. The monoisotopic (exact) mass is 381 g/mol. The van der Waals surface area contributed by atoms with Crippen LogP contribution in [0.25, 0.3) is 27.9 Å². The molecule has 144 valence electrons. The summed E-state index contributed by atoms with van der Waals surface area (Å²) < 4.78 is 4.37. The highest BCUT2D eigenvalue weighted by Crippen LogP contribution is 2.31. The van der Waals surface area contributed by atoms with Gasteiger partial charge < -0.3 is 4.57 Å². The molecule has 0 aliphatic carbocycles. The van der Waals surface area contributed by atoms with E-state index in [1.165, 1.54) is 27.7 Å². The highest BCUT2D eigenvalue weighted by atomic mass is 15.2. The van der Waals surface area contributed by atoms with Gasteiger partial charge in [0, 0.05) is 11.1 Å². The third-order valence-electron chi connectivity index (χ3n) is 5.57. The van der Waals surface area contributed by atoms with E-state index in [0.29, 0.717) is 0 Å². The van der Waals surface area contributed by atoms with E-state index in [4.69, 9.17) is 4.98 Å². The number of hydrogen-bond acceptors (Lipinski definition) is 3. The lowest BCUT2D eigenvalue weighted by Gasteiger charge is -2.10. The molecule has 5 aromatic rings. The molecule has 0 unspecified atom stereocenters. The fourth-order valence-corrected chi connectivity index (χ4v) is 4.30. The Labute approximate surface area is 169 Å². The Kier molecular flexibility index (Phi) is 4.35. The van der Waals surface area contributed by atoms with Crippen LogP contribution in [-0.2, 0) is 19.4 Å². The fraction of sp³-hybridized carbons (Fsp3) is 0.208. The van der Waals surface area contributed by atoms with Crippen LogP contribution >= 0.6 is 0 Å². The molecule has 0 radical (unpaired) electrons. The minimum Gasteiger partial charge on any atom is -0.311 e. The second-order valence-electron chi connectivity index (χ2n) is 7.21. The van der Waals surface area contributed by atoms with Crippen molar-refractivity contribution in [3.8, 4) is 5.82 Å². The van der Waals surface area contributed by atoms with Gasteiger partial charge in [0.15, 0.2) is 17.0 Å². The molecule has 0 aliphatic heterocycles. The van der Waals surface area contributed by atoms with Gasteiger partial charge in [-0.05, 0) is 30.0 Å². The van der Waals surface area contributed by atoms with Crippen LogP contribution in [0.15, 0.2) is 67.3 Å². The maximum atomic E-state index is 4.73. The molecule has 3 heterocycles. The van der Waals surface area contributed by atoms with Crippen molar-refractivity contribution < 1.29 is 0 Å². The summed E-state index contributed by atoms with van der Waals surface area (Å²) in [4.78, 5) is 14.0. The Morgan fingerprint density at radius 3 is 2.41 bits per heavy atom. The Morgan fingerprint density at radius 1 is 0.828 bits per heavy atom. The lowest BCUT2D eigenvalue weighted by atomic mass is 10.1. The number of aromatic nitrogens is 5. The van der Waals surface area contributed by atoms with Gasteiger partial charge in [-0.15, -0.1) is 0 Å². The molecule has 0 aliphatic rings. The van der Waals surface area contributed by atoms with Gasteiger partial charge in [0.25, 0.3) is 0 Å². The second kappa shape index (κ2) is 7.17. The minimum atomic E-state index is 0.737. The van der Waals surface area contributed by atoms with Crippen molar-refractivity contribution in [2.45, 2.75) is 33.2 Å². The second-order valence-corrected chi connectivity index (χ2v) is 7.21. The zero-order valence-electron chi connectivity index (χ0n) is 16.7. The fourth-order valence-electron chi connectivity index (χ4n) is 4.30. The van der Waals surface area contributed by atoms with Gasteiger partial charge in [-0.1, -0.05) is 62.4 Å². The van der Waals surface area contributed by atoms with E-state index in [2.05, 4.69) is 81.5 Å². The molecule has 5 rings (SSSR count). The summed E-state index contributed by atoms with van der Waals surface area (Å²) in [6, 6.07) is 19.0. The first-order valence-corrected chi connectivity index (χ1v) is 10.1. The number of para-hydroxylation sites is 1. The SMILES string of the molecule is CCc1c(CC)n(-c2ncnc3c2ncn3Cc2ccccc2)c2ccccc12. The van der Waals surface area contributed by atoms with Crippen LogP contribution < -0.4 is 0 Å². The quantitative estimate of drug-likeness (QED) is 0.433. The molecule has 0 bridgehead atoms. The summed E-state index contributed by atoms with van der Waals surface area (Å²) in [7, 11) is 0. The third-order valence-corrected chi connectivity index (χ3v) is 5.57. The third kappa shape index (κ3) is 2.81. The smallest absolute Gasteiger partial charge is 0.169 e. The number of aryl methyl sites for hydroxylation is 1. The summed E-state index contributed by atoms with van der Waals surface area (Å²) in [6.07, 6.45) is 5.45. The van der Waals surface area contributed by atoms with E-state index >= 15 is 0 Å². The number of imidazole rings is 1. The molecule has 0 N–H and O–H groups in total. The predicted octanol–water partition coefficient (Wildman–Crippen LogP) is 4.94. The minimum absolute atomic E-state index is 0.737. The predicted molar refractivity (Wildman–Crippen MR) is 116 cm³/mol. The molecule has 5 nitrogen and oxygen atoms in total. The molecule has 5 heteroatoms. The van der Waals surface area contributed by atoms with Crippen LogP contribution in [0.3, 0.4) is 0 Å². The highest BCUT2D eigenvalue weighted by Gasteiger charge is 2.20. The topological polar surface area (TPSA) is 48.5 Å². The standard InChI is InChI=1S/C24H23N5/c1-3-18-19-12-8-9-13-21(19)29(20(18)4-2)24-22-23(25-15-26-24)28(16-27-22)14-17-10-6-5-7-11-17/h5-13,15-16H,3-4,14H2,1-2H3. The molecule has 3 aromatic heterocycles. The molecule has 29 heavy (non-hydrogen) atoms. The Bertz CT molecular complexity index is 1300. The molecule has 0 saturated carbocycles. The molecule has 0 amide bonds. The average molecular weight is 381 g/mol. The number of benzene rings is 2. The summed E-state index contributed by atoms with van der Waals surface area (Å²) in [5.41, 5.74) is 6.78. The van der Waals surface area contributed by atoms with Crippen molar-refractivity contribution in [2.24, 2.45) is 0 Å². The number of nitrogens with zero attached hydrogens (tertiary/aromatic N) is 5. The number of hydrogen-bond donors (Lipinski definition) is 0. The molecular weight excluding hydrogens is 358 g/mol. The van der Waals surface area contributed by atoms with Crippen molar-refractivity contribution in [3.05, 3.63) is 84.1 Å². The first kappa shape index (κ1) is 17.6. The number of rotatable bonds is 5. The van der Waals surface area contributed by atoms with Gasteiger partial charge in [0.1, 0.15) is 6.33 Å².